The molecule has 124 valence electrons. The van der Waals surface area contributed by atoms with Crippen LogP contribution in [0, 0.1) is 0 Å². The second kappa shape index (κ2) is 7.28. The van der Waals surface area contributed by atoms with E-state index in [1.807, 2.05) is 62.4 Å². The molecule has 0 saturated heterocycles. The predicted molar refractivity (Wildman–Crippen MR) is 98.0 cm³/mol. The van der Waals surface area contributed by atoms with Crippen LogP contribution in [0.5, 0.6) is 6.01 Å². The third-order valence-electron chi connectivity index (χ3n) is 3.54. The lowest BCUT2D eigenvalue weighted by atomic mass is 10.1. The number of ether oxygens (including phenoxy) is 2. The van der Waals surface area contributed by atoms with Gasteiger partial charge in [-0.05, 0) is 31.5 Å². The van der Waals surface area contributed by atoms with Gasteiger partial charge in [-0.3, -0.25) is 0 Å². The molecule has 4 nitrogen and oxygen atoms in total. The second-order valence-corrected chi connectivity index (χ2v) is 7.09. The van der Waals surface area contributed by atoms with Crippen molar-refractivity contribution in [2.75, 3.05) is 6.61 Å². The van der Waals surface area contributed by atoms with Crippen LogP contribution in [0.2, 0.25) is 0 Å². The Morgan fingerprint density at radius 1 is 1.08 bits per heavy atom. The molecule has 0 unspecified atom stereocenters. The van der Waals surface area contributed by atoms with Gasteiger partial charge in [0.2, 0.25) is 0 Å². The van der Waals surface area contributed by atoms with Crippen molar-refractivity contribution in [3.63, 3.8) is 0 Å². The molecule has 0 saturated carbocycles. The maximum atomic E-state index is 5.96. The molecule has 0 spiro atoms. The van der Waals surface area contributed by atoms with Crippen LogP contribution >= 0.6 is 15.9 Å². The van der Waals surface area contributed by atoms with Crippen LogP contribution in [0.1, 0.15) is 19.4 Å². The third-order valence-corrected chi connectivity index (χ3v) is 4.04. The quantitative estimate of drug-likeness (QED) is 0.612. The second-order valence-electron chi connectivity index (χ2n) is 6.18. The van der Waals surface area contributed by atoms with Gasteiger partial charge in [-0.1, -0.05) is 52.3 Å². The number of hydrogen-bond donors (Lipinski definition) is 0. The molecular formula is C19H19BrN2O2. The zero-order valence-electron chi connectivity index (χ0n) is 13.7. The summed E-state index contributed by atoms with van der Waals surface area (Å²) in [7, 11) is 0. The largest absolute Gasteiger partial charge is 0.460 e. The molecule has 2 aromatic carbocycles. The van der Waals surface area contributed by atoms with Crippen LogP contribution in [0.25, 0.3) is 10.9 Å². The molecule has 0 bridgehead atoms. The molecule has 5 heteroatoms. The smallest absolute Gasteiger partial charge is 0.317 e. The molecule has 1 aromatic heterocycles. The number of nitrogens with zero attached hydrogens (tertiary/aromatic N) is 2. The van der Waals surface area contributed by atoms with Gasteiger partial charge in [-0.15, -0.1) is 0 Å². The summed E-state index contributed by atoms with van der Waals surface area (Å²) in [4.78, 5) is 8.69. The fourth-order valence-corrected chi connectivity index (χ4v) is 2.53. The van der Waals surface area contributed by atoms with E-state index < -0.39 is 5.60 Å². The van der Waals surface area contributed by atoms with E-state index >= 15 is 0 Å². The summed E-state index contributed by atoms with van der Waals surface area (Å²) in [5.41, 5.74) is 1.54. The lowest BCUT2D eigenvalue weighted by Crippen LogP contribution is -2.32. The number of benzene rings is 2. The maximum absolute atomic E-state index is 5.96. The molecule has 0 radical (unpaired) electrons. The highest BCUT2D eigenvalue weighted by Crippen LogP contribution is 2.20. The van der Waals surface area contributed by atoms with Gasteiger partial charge in [0, 0.05) is 16.1 Å². The van der Waals surface area contributed by atoms with Crippen molar-refractivity contribution in [2.24, 2.45) is 0 Å². The first-order chi connectivity index (χ1) is 11.5. The summed E-state index contributed by atoms with van der Waals surface area (Å²) in [5.74, 6) is 0. The standard InChI is InChI=1S/C19H19BrN2O2/c1-19(2,24-12-14-6-4-3-5-7-14)13-23-18-21-11-15-8-9-16(20)10-17(15)22-18/h3-11H,12-13H2,1-2H3. The number of hydrogen-bond acceptors (Lipinski definition) is 4. The summed E-state index contributed by atoms with van der Waals surface area (Å²) in [5, 5.41) is 0.977. The molecule has 3 rings (SSSR count). The van der Waals surface area contributed by atoms with Crippen LogP contribution in [-0.2, 0) is 11.3 Å². The van der Waals surface area contributed by atoms with Crippen molar-refractivity contribution in [1.82, 2.24) is 9.97 Å². The van der Waals surface area contributed by atoms with E-state index in [1.54, 1.807) is 6.20 Å². The van der Waals surface area contributed by atoms with E-state index in [-0.39, 0.29) is 0 Å². The van der Waals surface area contributed by atoms with Crippen LogP contribution < -0.4 is 4.74 Å². The van der Waals surface area contributed by atoms with Gasteiger partial charge in [0.1, 0.15) is 6.61 Å². The zero-order chi connectivity index (χ0) is 17.0. The Balaban J connectivity index is 1.61. The summed E-state index contributed by atoms with van der Waals surface area (Å²) in [6, 6.07) is 16.3. The predicted octanol–water partition coefficient (Wildman–Crippen LogP) is 4.77. The van der Waals surface area contributed by atoms with E-state index in [4.69, 9.17) is 9.47 Å². The van der Waals surface area contributed by atoms with Crippen molar-refractivity contribution in [3.8, 4) is 6.01 Å². The summed E-state index contributed by atoms with van der Waals surface area (Å²) < 4.78 is 12.7. The van der Waals surface area contributed by atoms with Gasteiger partial charge in [-0.2, -0.15) is 4.98 Å². The highest BCUT2D eigenvalue weighted by Gasteiger charge is 2.20. The van der Waals surface area contributed by atoms with E-state index in [0.29, 0.717) is 19.2 Å². The van der Waals surface area contributed by atoms with E-state index in [0.717, 1.165) is 20.9 Å². The molecule has 0 fully saturated rings. The highest BCUT2D eigenvalue weighted by atomic mass is 79.9. The Hall–Kier alpha value is -1.98. The average molecular weight is 387 g/mol. The molecule has 0 aliphatic carbocycles. The van der Waals surface area contributed by atoms with Gasteiger partial charge in [0.15, 0.2) is 0 Å². The van der Waals surface area contributed by atoms with Crippen LogP contribution in [0.15, 0.2) is 59.2 Å². The molecule has 0 amide bonds. The van der Waals surface area contributed by atoms with Gasteiger partial charge < -0.3 is 9.47 Å². The normalized spacial score (nSPS) is 11.6. The highest BCUT2D eigenvalue weighted by molar-refractivity contribution is 9.10. The van der Waals surface area contributed by atoms with Gasteiger partial charge in [0.05, 0.1) is 17.7 Å². The minimum absolute atomic E-state index is 0.358. The minimum atomic E-state index is -0.439. The van der Waals surface area contributed by atoms with E-state index in [9.17, 15) is 0 Å². The van der Waals surface area contributed by atoms with Crippen molar-refractivity contribution < 1.29 is 9.47 Å². The Morgan fingerprint density at radius 3 is 2.67 bits per heavy atom. The molecule has 24 heavy (non-hydrogen) atoms. The van der Waals surface area contributed by atoms with Gasteiger partial charge >= 0.3 is 6.01 Å². The number of aromatic nitrogens is 2. The number of rotatable bonds is 6. The summed E-state index contributed by atoms with van der Waals surface area (Å²) in [6.45, 7) is 4.91. The molecule has 1 heterocycles. The van der Waals surface area contributed by atoms with Crippen LogP contribution in [-0.4, -0.2) is 22.2 Å². The lowest BCUT2D eigenvalue weighted by molar-refractivity contribution is -0.0585. The number of fused-ring (bicyclic) bond motifs is 1. The van der Waals surface area contributed by atoms with E-state index in [1.165, 1.54) is 0 Å². The van der Waals surface area contributed by atoms with Crippen LogP contribution in [0.3, 0.4) is 0 Å². The third kappa shape index (κ3) is 4.52. The topological polar surface area (TPSA) is 44.2 Å². The average Bonchev–Trinajstić information content (AvgIpc) is 2.59. The first-order valence-corrected chi connectivity index (χ1v) is 8.54. The van der Waals surface area contributed by atoms with Crippen molar-refractivity contribution in [3.05, 3.63) is 64.8 Å². The zero-order valence-corrected chi connectivity index (χ0v) is 15.3. The Bertz CT molecular complexity index is 822. The van der Waals surface area contributed by atoms with E-state index in [2.05, 4.69) is 25.9 Å². The molecule has 0 aliphatic rings. The maximum Gasteiger partial charge on any atom is 0.317 e. The Kier molecular flexibility index (Phi) is 5.11. The molecule has 0 N–H and O–H groups in total. The van der Waals surface area contributed by atoms with Crippen LogP contribution in [0.4, 0.5) is 0 Å². The lowest BCUT2D eigenvalue weighted by Gasteiger charge is -2.25. The first-order valence-electron chi connectivity index (χ1n) is 7.75. The fourth-order valence-electron chi connectivity index (χ4n) is 2.18. The summed E-state index contributed by atoms with van der Waals surface area (Å²) in [6.07, 6.45) is 1.77. The van der Waals surface area contributed by atoms with Crippen molar-refractivity contribution in [1.29, 1.82) is 0 Å². The Morgan fingerprint density at radius 2 is 1.88 bits per heavy atom. The molecule has 3 aromatic rings. The minimum Gasteiger partial charge on any atom is -0.460 e. The fraction of sp³-hybridized carbons (Fsp3) is 0.263. The van der Waals surface area contributed by atoms with Gasteiger partial charge in [-0.25, -0.2) is 4.98 Å². The van der Waals surface area contributed by atoms with Gasteiger partial charge in [0.25, 0.3) is 0 Å². The molecule has 0 aliphatic heterocycles. The monoisotopic (exact) mass is 386 g/mol. The van der Waals surface area contributed by atoms with Crippen molar-refractivity contribution in [2.45, 2.75) is 26.1 Å². The Labute approximate surface area is 150 Å². The molecular weight excluding hydrogens is 368 g/mol. The molecule has 0 atom stereocenters. The summed E-state index contributed by atoms with van der Waals surface area (Å²) >= 11 is 3.45. The van der Waals surface area contributed by atoms with Crippen molar-refractivity contribution >= 4 is 26.8 Å². The number of halogens is 1. The SMILES string of the molecule is CC(C)(COc1ncc2ccc(Br)cc2n1)OCc1ccccc1. The first kappa shape index (κ1) is 16.9.